The maximum atomic E-state index is 14.4. The summed E-state index contributed by atoms with van der Waals surface area (Å²) in [5, 5.41) is 12.0. The van der Waals surface area contributed by atoms with Gasteiger partial charge in [0, 0.05) is 30.1 Å². The summed E-state index contributed by atoms with van der Waals surface area (Å²) in [5.41, 5.74) is 1.71. The number of hydrogen-bond acceptors (Lipinski definition) is 8. The molecule has 334 valence electrons. The minimum absolute atomic E-state index is 0.0480. The third-order valence-electron chi connectivity index (χ3n) is 12.1. The van der Waals surface area contributed by atoms with E-state index >= 15 is 0 Å². The summed E-state index contributed by atoms with van der Waals surface area (Å²) >= 11 is 1.66. The Balaban J connectivity index is 2.05. The highest BCUT2D eigenvalue weighted by Gasteiger charge is 2.45. The van der Waals surface area contributed by atoms with Crippen molar-refractivity contribution < 1.29 is 37.8 Å². The predicted octanol–water partition coefficient (Wildman–Crippen LogP) is 12.6. The number of nitrogens with one attached hydrogen (secondary N) is 1. The number of thioether (sulfide) groups is 1. The highest BCUT2D eigenvalue weighted by molar-refractivity contribution is 8.03. The number of rotatable bonds is 24. The van der Waals surface area contributed by atoms with Crippen LogP contribution in [0.1, 0.15) is 117 Å². The fourth-order valence-corrected chi connectivity index (χ4v) is 10.3. The van der Waals surface area contributed by atoms with Crippen molar-refractivity contribution in [2.24, 2.45) is 5.92 Å². The van der Waals surface area contributed by atoms with Crippen LogP contribution in [0.3, 0.4) is 0 Å². The van der Waals surface area contributed by atoms with Crippen LogP contribution >= 0.6 is 11.8 Å². The van der Waals surface area contributed by atoms with Crippen molar-refractivity contribution in [1.82, 2.24) is 5.32 Å². The minimum atomic E-state index is -2.31. The number of carbonyl (C=O) groups is 3. The van der Waals surface area contributed by atoms with Crippen molar-refractivity contribution in [3.63, 3.8) is 0 Å². The summed E-state index contributed by atoms with van der Waals surface area (Å²) < 4.78 is 26.3. The average molecular weight is 882 g/mol. The molecule has 0 fully saturated rings. The summed E-state index contributed by atoms with van der Waals surface area (Å²) in [4.78, 5) is 39.8. The molecular formula is C48H75NO8SSi2. The number of amides is 1. The number of alkyl carbamates (subject to hydrolysis) is 1. The van der Waals surface area contributed by atoms with E-state index in [1.807, 2.05) is 60.7 Å². The van der Waals surface area contributed by atoms with Gasteiger partial charge in [-0.15, -0.1) is 11.8 Å². The van der Waals surface area contributed by atoms with Gasteiger partial charge in [0.1, 0.15) is 18.4 Å². The van der Waals surface area contributed by atoms with E-state index in [0.29, 0.717) is 18.6 Å². The number of hydrogen-bond donors (Lipinski definition) is 2. The summed E-state index contributed by atoms with van der Waals surface area (Å²) in [6.45, 7) is 24.9. The quantitative estimate of drug-likeness (QED) is 0.0459. The van der Waals surface area contributed by atoms with E-state index in [1.54, 1.807) is 11.8 Å². The Kier molecular flexibility index (Phi) is 20.4. The summed E-state index contributed by atoms with van der Waals surface area (Å²) in [5.74, 6) is -0.273. The van der Waals surface area contributed by atoms with Crippen molar-refractivity contribution in [3.05, 3.63) is 94.6 Å². The number of carboxylic acids is 1. The highest BCUT2D eigenvalue weighted by Crippen LogP contribution is 2.47. The monoisotopic (exact) mass is 881 g/mol. The second-order valence-corrected chi connectivity index (χ2v) is 29.8. The van der Waals surface area contributed by atoms with Crippen LogP contribution in [0.25, 0.3) is 0 Å². The Morgan fingerprint density at radius 3 is 2.05 bits per heavy atom. The van der Waals surface area contributed by atoms with Crippen LogP contribution in [-0.2, 0) is 40.9 Å². The molecule has 9 nitrogen and oxygen atoms in total. The number of ether oxygens (including phenoxy) is 2. The fourth-order valence-electron chi connectivity index (χ4n) is 6.38. The molecule has 0 spiro atoms. The number of carbonyl (C=O) groups excluding carboxylic acids is 2. The molecule has 1 amide bonds. The molecule has 12 heteroatoms. The van der Waals surface area contributed by atoms with Crippen molar-refractivity contribution in [2.45, 2.75) is 174 Å². The van der Waals surface area contributed by atoms with Crippen molar-refractivity contribution >= 4 is 46.4 Å². The third-order valence-corrected chi connectivity index (χ3v) is 22.4. The lowest BCUT2D eigenvalue weighted by Gasteiger charge is -2.40. The highest BCUT2D eigenvalue weighted by atomic mass is 32.2. The zero-order valence-electron chi connectivity index (χ0n) is 38.4. The van der Waals surface area contributed by atoms with Gasteiger partial charge in [-0.3, -0.25) is 4.79 Å². The molecule has 1 aliphatic carbocycles. The lowest BCUT2D eigenvalue weighted by Crippen LogP contribution is -2.45. The molecule has 60 heavy (non-hydrogen) atoms. The number of esters is 1. The third kappa shape index (κ3) is 16.9. The second kappa shape index (κ2) is 23.9. The largest absolute Gasteiger partial charge is 0.481 e. The summed E-state index contributed by atoms with van der Waals surface area (Å²) in [6.07, 6.45) is 10.6. The maximum absolute atomic E-state index is 14.4. The zero-order valence-corrected chi connectivity index (χ0v) is 41.3. The van der Waals surface area contributed by atoms with Crippen LogP contribution in [0.4, 0.5) is 4.79 Å². The van der Waals surface area contributed by atoms with Crippen LogP contribution < -0.4 is 5.32 Å². The molecule has 3 rings (SSSR count). The maximum Gasteiger partial charge on any atom is 0.408 e. The number of benzene rings is 2. The van der Waals surface area contributed by atoms with Gasteiger partial charge in [-0.05, 0) is 72.4 Å². The summed E-state index contributed by atoms with van der Waals surface area (Å²) in [7, 11) is -4.42. The van der Waals surface area contributed by atoms with Crippen molar-refractivity contribution in [1.29, 1.82) is 0 Å². The molecule has 0 unspecified atom stereocenters. The van der Waals surface area contributed by atoms with Gasteiger partial charge in [-0.1, -0.05) is 147 Å². The predicted molar refractivity (Wildman–Crippen MR) is 251 cm³/mol. The molecule has 0 aliphatic heterocycles. The Hall–Kier alpha value is -3.17. The normalized spacial score (nSPS) is 17.4. The molecule has 1 aliphatic rings. The molecule has 2 aromatic rings. The van der Waals surface area contributed by atoms with Crippen LogP contribution in [0, 0.1) is 5.92 Å². The van der Waals surface area contributed by atoms with Crippen molar-refractivity contribution in [2.75, 3.05) is 5.75 Å². The van der Waals surface area contributed by atoms with Crippen LogP contribution in [0.2, 0.25) is 36.3 Å². The SMILES string of the molecule is CCCCC[C@@H](/C=C/[C@@H]1C(SCCCCCC(=O)O)=C(OC(=O)[C@H](Cc2ccccc2)NC(=O)OCc2ccccc2)C[C@H]1O[Si](C)(C)C(C)(C)C)O[Si](C)(C)C(C)(C)C. The van der Waals surface area contributed by atoms with Crippen LogP contribution in [-0.4, -0.2) is 63.8 Å². The first-order valence-electron chi connectivity index (χ1n) is 22.0. The molecule has 0 aromatic heterocycles. The lowest BCUT2D eigenvalue weighted by atomic mass is 10.0. The van der Waals surface area contributed by atoms with Gasteiger partial charge in [-0.25, -0.2) is 9.59 Å². The topological polar surface area (TPSA) is 120 Å². The van der Waals surface area contributed by atoms with E-state index in [0.717, 1.165) is 60.3 Å². The fraction of sp³-hybridized carbons (Fsp3) is 0.604. The summed E-state index contributed by atoms with van der Waals surface area (Å²) in [6, 6.07) is 18.0. The molecule has 0 heterocycles. The van der Waals surface area contributed by atoms with E-state index in [1.165, 1.54) is 0 Å². The molecule has 4 atom stereocenters. The molecule has 0 saturated carbocycles. The van der Waals surface area contributed by atoms with Gasteiger partial charge in [0.15, 0.2) is 16.6 Å². The first-order chi connectivity index (χ1) is 28.1. The molecular weight excluding hydrogens is 807 g/mol. The van der Waals surface area contributed by atoms with Gasteiger partial charge < -0.3 is 28.7 Å². The molecule has 0 radical (unpaired) electrons. The molecule has 0 saturated heterocycles. The smallest absolute Gasteiger partial charge is 0.408 e. The van der Waals surface area contributed by atoms with E-state index < -0.39 is 40.7 Å². The van der Waals surface area contributed by atoms with E-state index in [2.05, 4.69) is 92.1 Å². The van der Waals surface area contributed by atoms with Gasteiger partial charge in [-0.2, -0.15) is 0 Å². The molecule has 0 bridgehead atoms. The van der Waals surface area contributed by atoms with Crippen molar-refractivity contribution in [3.8, 4) is 0 Å². The lowest BCUT2D eigenvalue weighted by molar-refractivity contribution is -0.142. The zero-order chi connectivity index (χ0) is 44.6. The van der Waals surface area contributed by atoms with Crippen LogP contribution in [0.5, 0.6) is 0 Å². The Morgan fingerprint density at radius 1 is 0.850 bits per heavy atom. The van der Waals surface area contributed by atoms with Gasteiger partial charge in [0.25, 0.3) is 0 Å². The minimum Gasteiger partial charge on any atom is -0.481 e. The Morgan fingerprint density at radius 2 is 1.47 bits per heavy atom. The van der Waals surface area contributed by atoms with Crippen LogP contribution in [0.15, 0.2) is 83.5 Å². The first kappa shape index (κ1) is 51.2. The Bertz CT molecular complexity index is 1700. The van der Waals surface area contributed by atoms with E-state index in [9.17, 15) is 19.5 Å². The first-order valence-corrected chi connectivity index (χ1v) is 28.8. The number of unbranched alkanes of at least 4 members (excludes halogenated alkanes) is 4. The van der Waals surface area contributed by atoms with E-state index in [-0.39, 0.29) is 47.7 Å². The van der Waals surface area contributed by atoms with E-state index in [4.69, 9.17) is 18.3 Å². The average Bonchev–Trinajstić information content (AvgIpc) is 3.47. The molecule has 2 N–H and O–H groups in total. The number of carboxylic acid groups (broad SMARTS) is 1. The Labute approximate surface area is 368 Å². The van der Waals surface area contributed by atoms with Gasteiger partial charge in [0.2, 0.25) is 0 Å². The molecule has 2 aromatic carbocycles. The number of aliphatic carboxylic acids is 1. The van der Waals surface area contributed by atoms with Gasteiger partial charge in [0.05, 0.1) is 12.2 Å². The van der Waals surface area contributed by atoms with Gasteiger partial charge >= 0.3 is 18.0 Å². The second-order valence-electron chi connectivity index (χ2n) is 19.2. The standard InChI is InChI=1S/C48H75NO8SSi2/c1-12-13-17-28-38(56-59(8,9)47(2,3)4)30-31-39-41(57-60(10,11)48(5,6)7)34-42(44(39)58-32-23-16-22-29-43(50)51)55-45(52)40(33-36-24-18-14-19-25-36)49-46(53)54-35-37-26-20-15-21-27-37/h14-15,18-21,24-27,30-31,38-41H,12-13,16-17,22-23,28-29,32-35H2,1-11H3,(H,49,53)(H,50,51)/b31-30+/t38-,39-,40-,41+/m0/s1.